The Hall–Kier alpha value is -0.573. The van der Waals surface area contributed by atoms with Crippen LogP contribution in [0.3, 0.4) is 0 Å². The van der Waals surface area contributed by atoms with E-state index >= 15 is 0 Å². The summed E-state index contributed by atoms with van der Waals surface area (Å²) in [5.74, 6) is 4.82. The zero-order valence-electron chi connectivity index (χ0n) is 16.9. The molecule has 140 valence electrons. The number of allylic oxidation sites excluding steroid dienone is 2. The molecule has 3 heteroatoms. The minimum Gasteiger partial charge on any atom is -0.548 e. The second kappa shape index (κ2) is 5.71. The molecule has 0 saturated heterocycles. The van der Waals surface area contributed by atoms with Gasteiger partial charge in [0.25, 0.3) is 0 Å². The first-order valence-electron chi connectivity index (χ1n) is 10.6. The standard InChI is InChI=1S/C22H36O2Si/c1-21-12-10-16(24-25(3,4)5)14-15(21)6-7-17-18-8-9-20(23)22(18,2)13-11-19(17)21/h14-15,17-19H,6-13H2,1-5H3/t15?,17-,18-,19-,21-,22-/m0/s1. The molecule has 4 aliphatic carbocycles. The summed E-state index contributed by atoms with van der Waals surface area (Å²) in [6.45, 7) is 11.7. The molecule has 0 bridgehead atoms. The van der Waals surface area contributed by atoms with E-state index in [1.165, 1.54) is 31.4 Å². The Labute approximate surface area is 154 Å². The highest BCUT2D eigenvalue weighted by Gasteiger charge is 2.59. The zero-order valence-corrected chi connectivity index (χ0v) is 17.9. The van der Waals surface area contributed by atoms with E-state index in [1.807, 2.05) is 0 Å². The van der Waals surface area contributed by atoms with E-state index in [4.69, 9.17) is 4.43 Å². The molecule has 0 heterocycles. The zero-order chi connectivity index (χ0) is 18.0. The molecule has 0 aromatic rings. The van der Waals surface area contributed by atoms with Gasteiger partial charge < -0.3 is 4.43 Å². The summed E-state index contributed by atoms with van der Waals surface area (Å²) in [5.41, 5.74) is 0.448. The molecular weight excluding hydrogens is 324 g/mol. The second-order valence-corrected chi connectivity index (χ2v) is 15.3. The number of carbonyl (C=O) groups is 1. The SMILES string of the molecule is C[C@]12CCC(O[Si](C)(C)C)=CC1CC[C@@H]1[C@@H]2CC[C@]2(C)C(=O)CC[C@@H]12. The average molecular weight is 361 g/mol. The summed E-state index contributed by atoms with van der Waals surface area (Å²) in [6.07, 6.45) is 12.0. The molecule has 1 unspecified atom stereocenters. The summed E-state index contributed by atoms with van der Waals surface area (Å²) in [6, 6.07) is 0. The summed E-state index contributed by atoms with van der Waals surface area (Å²) in [5, 5.41) is 0. The number of fused-ring (bicyclic) bond motifs is 5. The van der Waals surface area contributed by atoms with Crippen molar-refractivity contribution in [3.05, 3.63) is 11.8 Å². The number of carbonyl (C=O) groups excluding carboxylic acids is 1. The smallest absolute Gasteiger partial charge is 0.241 e. The van der Waals surface area contributed by atoms with Gasteiger partial charge in [-0.3, -0.25) is 4.79 Å². The minimum atomic E-state index is -1.50. The third-order valence-electron chi connectivity index (χ3n) is 8.39. The Kier molecular flexibility index (Phi) is 4.07. The lowest BCUT2D eigenvalue weighted by molar-refractivity contribution is -0.135. The van der Waals surface area contributed by atoms with Gasteiger partial charge in [-0.1, -0.05) is 13.8 Å². The highest BCUT2D eigenvalue weighted by molar-refractivity contribution is 6.70. The van der Waals surface area contributed by atoms with E-state index in [0.29, 0.717) is 23.0 Å². The molecule has 4 aliphatic rings. The highest BCUT2D eigenvalue weighted by atomic mass is 28.4. The van der Waals surface area contributed by atoms with Crippen molar-refractivity contribution in [3.8, 4) is 0 Å². The summed E-state index contributed by atoms with van der Waals surface area (Å²) in [7, 11) is -1.50. The Bertz CT molecular complexity index is 604. The maximum absolute atomic E-state index is 12.5. The van der Waals surface area contributed by atoms with Gasteiger partial charge in [-0.2, -0.15) is 0 Å². The molecule has 3 saturated carbocycles. The number of hydrogen-bond donors (Lipinski definition) is 0. The van der Waals surface area contributed by atoms with Gasteiger partial charge in [0.2, 0.25) is 8.32 Å². The average Bonchev–Trinajstić information content (AvgIpc) is 2.82. The van der Waals surface area contributed by atoms with Crippen molar-refractivity contribution in [1.29, 1.82) is 0 Å². The van der Waals surface area contributed by atoms with Crippen LogP contribution in [0.1, 0.15) is 65.2 Å². The second-order valence-electron chi connectivity index (χ2n) is 10.8. The first-order chi connectivity index (χ1) is 11.6. The predicted octanol–water partition coefficient (Wildman–Crippen LogP) is 5.94. The lowest BCUT2D eigenvalue weighted by Gasteiger charge is -2.58. The fraction of sp³-hybridized carbons (Fsp3) is 0.864. The van der Waals surface area contributed by atoms with Crippen LogP contribution in [0.25, 0.3) is 0 Å². The third kappa shape index (κ3) is 2.76. The molecule has 0 aliphatic heterocycles. The molecule has 25 heavy (non-hydrogen) atoms. The van der Waals surface area contributed by atoms with Crippen LogP contribution < -0.4 is 0 Å². The maximum Gasteiger partial charge on any atom is 0.241 e. The molecule has 6 atom stereocenters. The third-order valence-corrected chi connectivity index (χ3v) is 9.26. The fourth-order valence-corrected chi connectivity index (χ4v) is 8.04. The molecule has 0 aromatic carbocycles. The van der Waals surface area contributed by atoms with E-state index in [9.17, 15) is 4.79 Å². The lowest BCUT2D eigenvalue weighted by atomic mass is 9.46. The number of Topliss-reactive ketones (excluding diaryl/α,β-unsaturated/α-hetero) is 1. The van der Waals surface area contributed by atoms with Crippen molar-refractivity contribution < 1.29 is 9.22 Å². The van der Waals surface area contributed by atoms with Gasteiger partial charge in [0, 0.05) is 18.3 Å². The van der Waals surface area contributed by atoms with E-state index in [-0.39, 0.29) is 5.41 Å². The molecule has 0 radical (unpaired) electrons. The van der Waals surface area contributed by atoms with Crippen LogP contribution in [0.15, 0.2) is 11.8 Å². The molecular formula is C22H36O2Si. The lowest BCUT2D eigenvalue weighted by Crippen LogP contribution is -2.52. The van der Waals surface area contributed by atoms with Crippen molar-refractivity contribution in [2.45, 2.75) is 84.9 Å². The first kappa shape index (κ1) is 17.8. The molecule has 0 aromatic heterocycles. The Balaban J connectivity index is 1.58. The maximum atomic E-state index is 12.5. The van der Waals surface area contributed by atoms with Gasteiger partial charge in [0.05, 0.1) is 5.76 Å². The quantitative estimate of drug-likeness (QED) is 0.569. The normalized spacial score (nSPS) is 46.8. The van der Waals surface area contributed by atoms with Gasteiger partial charge >= 0.3 is 0 Å². The Morgan fingerprint density at radius 3 is 2.48 bits per heavy atom. The molecule has 0 spiro atoms. The van der Waals surface area contributed by atoms with Gasteiger partial charge in [-0.05, 0) is 93.3 Å². The summed E-state index contributed by atoms with van der Waals surface area (Å²) >= 11 is 0. The van der Waals surface area contributed by atoms with Crippen LogP contribution in [-0.2, 0) is 9.22 Å². The van der Waals surface area contributed by atoms with Crippen molar-refractivity contribution >= 4 is 14.1 Å². The van der Waals surface area contributed by atoms with Crippen molar-refractivity contribution in [3.63, 3.8) is 0 Å². The molecule has 4 rings (SSSR count). The fourth-order valence-electron chi connectivity index (χ4n) is 7.08. The van der Waals surface area contributed by atoms with Gasteiger partial charge in [0.15, 0.2) is 0 Å². The van der Waals surface area contributed by atoms with Crippen LogP contribution in [0.2, 0.25) is 19.6 Å². The Morgan fingerprint density at radius 1 is 1.00 bits per heavy atom. The van der Waals surface area contributed by atoms with E-state index in [1.54, 1.807) is 0 Å². The van der Waals surface area contributed by atoms with Gasteiger partial charge in [-0.15, -0.1) is 0 Å². The van der Waals surface area contributed by atoms with Crippen LogP contribution >= 0.6 is 0 Å². The number of hydrogen-bond acceptors (Lipinski definition) is 2. The predicted molar refractivity (Wildman–Crippen MR) is 105 cm³/mol. The van der Waals surface area contributed by atoms with Crippen LogP contribution in [0.4, 0.5) is 0 Å². The van der Waals surface area contributed by atoms with E-state index < -0.39 is 8.32 Å². The Morgan fingerprint density at radius 2 is 1.76 bits per heavy atom. The van der Waals surface area contributed by atoms with Crippen LogP contribution in [0.5, 0.6) is 0 Å². The summed E-state index contributed by atoms with van der Waals surface area (Å²) < 4.78 is 6.36. The minimum absolute atomic E-state index is 0.0149. The van der Waals surface area contributed by atoms with Gasteiger partial charge in [-0.25, -0.2) is 0 Å². The molecule has 0 N–H and O–H groups in total. The number of rotatable bonds is 2. The van der Waals surface area contributed by atoms with E-state index in [2.05, 4.69) is 39.6 Å². The van der Waals surface area contributed by atoms with Gasteiger partial charge in [0.1, 0.15) is 5.78 Å². The van der Waals surface area contributed by atoms with E-state index in [0.717, 1.165) is 37.5 Å². The molecule has 3 fully saturated rings. The number of ketones is 1. The van der Waals surface area contributed by atoms with Crippen LogP contribution in [0, 0.1) is 34.5 Å². The highest BCUT2D eigenvalue weighted by Crippen LogP contribution is 2.65. The monoisotopic (exact) mass is 360 g/mol. The topological polar surface area (TPSA) is 26.3 Å². The van der Waals surface area contributed by atoms with Crippen molar-refractivity contribution in [2.75, 3.05) is 0 Å². The van der Waals surface area contributed by atoms with Crippen molar-refractivity contribution in [1.82, 2.24) is 0 Å². The molecule has 0 amide bonds. The summed E-state index contributed by atoms with van der Waals surface area (Å²) in [4.78, 5) is 12.5. The first-order valence-corrected chi connectivity index (χ1v) is 14.0. The van der Waals surface area contributed by atoms with Crippen LogP contribution in [-0.4, -0.2) is 14.1 Å². The molecule has 2 nitrogen and oxygen atoms in total. The largest absolute Gasteiger partial charge is 0.548 e. The van der Waals surface area contributed by atoms with Crippen molar-refractivity contribution in [2.24, 2.45) is 34.5 Å².